The molecule has 6 nitrogen and oxygen atoms in total. The third kappa shape index (κ3) is 4.02. The summed E-state index contributed by atoms with van der Waals surface area (Å²) in [6, 6.07) is 12.0. The van der Waals surface area contributed by atoms with Crippen LogP contribution in [0.15, 0.2) is 48.0 Å². The molecule has 0 bridgehead atoms. The number of hydrogen-bond donors (Lipinski definition) is 1. The molecule has 0 radical (unpaired) electrons. The molecule has 0 spiro atoms. The monoisotopic (exact) mass is 421 g/mol. The van der Waals surface area contributed by atoms with Gasteiger partial charge in [-0.25, -0.2) is 0 Å². The van der Waals surface area contributed by atoms with Crippen molar-refractivity contribution in [1.29, 1.82) is 0 Å². The number of rotatable bonds is 7. The van der Waals surface area contributed by atoms with Crippen molar-refractivity contribution in [3.8, 4) is 11.5 Å². The first kappa shape index (κ1) is 21.0. The van der Waals surface area contributed by atoms with Crippen molar-refractivity contribution >= 4 is 17.4 Å². The Hall–Kier alpha value is -3.28. The van der Waals surface area contributed by atoms with E-state index in [2.05, 4.69) is 6.92 Å². The lowest BCUT2D eigenvalue weighted by Gasteiger charge is -2.25. The second-order valence-corrected chi connectivity index (χ2v) is 8.03. The van der Waals surface area contributed by atoms with E-state index in [0.717, 1.165) is 31.2 Å². The molecular formula is C25H27NO5. The van der Waals surface area contributed by atoms with Crippen LogP contribution in [0.5, 0.6) is 11.5 Å². The van der Waals surface area contributed by atoms with Crippen LogP contribution in [0.4, 0.5) is 0 Å². The molecule has 6 heteroatoms. The van der Waals surface area contributed by atoms with Gasteiger partial charge in [-0.05, 0) is 31.0 Å². The quantitative estimate of drug-likeness (QED) is 0.303. The summed E-state index contributed by atoms with van der Waals surface area (Å²) in [5.74, 6) is -0.187. The van der Waals surface area contributed by atoms with Crippen LogP contribution in [0, 0.1) is 6.92 Å². The molecule has 2 aromatic rings. The highest BCUT2D eigenvalue weighted by Crippen LogP contribution is 2.43. The summed E-state index contributed by atoms with van der Waals surface area (Å²) < 4.78 is 10.9. The summed E-state index contributed by atoms with van der Waals surface area (Å²) in [7, 11) is 0. The van der Waals surface area contributed by atoms with Crippen LogP contribution in [-0.2, 0) is 9.59 Å². The molecule has 1 atom stereocenters. The molecule has 0 unspecified atom stereocenters. The van der Waals surface area contributed by atoms with Crippen molar-refractivity contribution < 1.29 is 24.2 Å². The second kappa shape index (κ2) is 8.84. The van der Waals surface area contributed by atoms with Crippen molar-refractivity contribution in [2.24, 2.45) is 0 Å². The summed E-state index contributed by atoms with van der Waals surface area (Å²) >= 11 is 0. The number of ketones is 1. The molecule has 1 fully saturated rings. The van der Waals surface area contributed by atoms with Crippen molar-refractivity contribution in [2.45, 2.75) is 45.6 Å². The van der Waals surface area contributed by atoms with E-state index in [9.17, 15) is 14.7 Å². The molecule has 1 amide bonds. The standard InChI is InChI=1S/C25H27NO5/c1-3-4-5-6-13-26-22(18-11-12-19-20(14-18)31-15-30-19)21(24(28)25(26)29)23(27)17-9-7-16(2)8-10-17/h7-12,14,22,27H,3-6,13,15H2,1-2H3/b23-21+/t22-/m1/s1. The molecule has 2 aromatic carbocycles. The largest absolute Gasteiger partial charge is 0.507 e. The smallest absolute Gasteiger partial charge is 0.295 e. The van der Waals surface area contributed by atoms with Crippen molar-refractivity contribution in [3.63, 3.8) is 0 Å². The Balaban J connectivity index is 1.77. The van der Waals surface area contributed by atoms with Gasteiger partial charge in [0.05, 0.1) is 11.6 Å². The second-order valence-electron chi connectivity index (χ2n) is 8.03. The molecule has 162 valence electrons. The van der Waals surface area contributed by atoms with E-state index in [1.807, 2.05) is 25.1 Å². The van der Waals surface area contributed by atoms with Crippen molar-refractivity contribution in [3.05, 3.63) is 64.7 Å². The summed E-state index contributed by atoms with van der Waals surface area (Å²) in [5.41, 5.74) is 2.39. The van der Waals surface area contributed by atoms with Gasteiger partial charge in [-0.2, -0.15) is 0 Å². The SMILES string of the molecule is CCCCCCN1C(=O)C(=O)/C(=C(/O)c2ccc(C)cc2)[C@H]1c1ccc2c(c1)OCO2. The third-order valence-electron chi connectivity index (χ3n) is 5.83. The first-order chi connectivity index (χ1) is 15.0. The molecule has 31 heavy (non-hydrogen) atoms. The van der Waals surface area contributed by atoms with Crippen molar-refractivity contribution in [2.75, 3.05) is 13.3 Å². The zero-order valence-electron chi connectivity index (χ0n) is 17.9. The van der Waals surface area contributed by atoms with E-state index in [1.165, 1.54) is 0 Å². The molecule has 2 heterocycles. The Morgan fingerprint density at radius 2 is 1.77 bits per heavy atom. The van der Waals surface area contributed by atoms with Gasteiger partial charge in [0.2, 0.25) is 6.79 Å². The number of carbonyl (C=O) groups is 2. The van der Waals surface area contributed by atoms with Gasteiger partial charge in [0, 0.05) is 12.1 Å². The Kier molecular flexibility index (Phi) is 5.98. The van der Waals surface area contributed by atoms with Crippen LogP contribution < -0.4 is 9.47 Å². The predicted octanol–water partition coefficient (Wildman–Crippen LogP) is 4.73. The number of aliphatic hydroxyl groups excluding tert-OH is 1. The predicted molar refractivity (Wildman–Crippen MR) is 117 cm³/mol. The maximum absolute atomic E-state index is 13.0. The van der Waals surface area contributed by atoms with Gasteiger partial charge in [0.25, 0.3) is 11.7 Å². The van der Waals surface area contributed by atoms with E-state index in [-0.39, 0.29) is 18.1 Å². The van der Waals surface area contributed by atoms with E-state index < -0.39 is 17.7 Å². The fourth-order valence-electron chi connectivity index (χ4n) is 4.12. The highest BCUT2D eigenvalue weighted by molar-refractivity contribution is 6.46. The van der Waals surface area contributed by atoms with Gasteiger partial charge in [0.1, 0.15) is 5.76 Å². The molecule has 0 aliphatic carbocycles. The molecule has 0 aromatic heterocycles. The number of fused-ring (bicyclic) bond motifs is 1. The zero-order valence-corrected chi connectivity index (χ0v) is 17.9. The lowest BCUT2D eigenvalue weighted by Crippen LogP contribution is -2.30. The summed E-state index contributed by atoms with van der Waals surface area (Å²) in [6.07, 6.45) is 3.93. The number of benzene rings is 2. The minimum atomic E-state index is -0.669. The Morgan fingerprint density at radius 1 is 1.03 bits per heavy atom. The molecule has 0 saturated carbocycles. The van der Waals surface area contributed by atoms with Crippen LogP contribution in [-0.4, -0.2) is 35.0 Å². The fraction of sp³-hybridized carbons (Fsp3) is 0.360. The van der Waals surface area contributed by atoms with Gasteiger partial charge < -0.3 is 19.5 Å². The van der Waals surface area contributed by atoms with E-state index in [4.69, 9.17) is 9.47 Å². The van der Waals surface area contributed by atoms with Gasteiger partial charge >= 0.3 is 0 Å². The fourth-order valence-corrected chi connectivity index (χ4v) is 4.12. The normalized spacial score (nSPS) is 19.3. The van der Waals surface area contributed by atoms with Gasteiger partial charge in [-0.15, -0.1) is 0 Å². The van der Waals surface area contributed by atoms with Crippen LogP contribution in [0.3, 0.4) is 0 Å². The third-order valence-corrected chi connectivity index (χ3v) is 5.83. The van der Waals surface area contributed by atoms with Crippen LogP contribution in [0.2, 0.25) is 0 Å². The summed E-state index contributed by atoms with van der Waals surface area (Å²) in [5, 5.41) is 11.1. The topological polar surface area (TPSA) is 76.1 Å². The minimum Gasteiger partial charge on any atom is -0.507 e. The van der Waals surface area contributed by atoms with E-state index in [0.29, 0.717) is 29.2 Å². The lowest BCUT2D eigenvalue weighted by molar-refractivity contribution is -0.139. The zero-order chi connectivity index (χ0) is 22.0. The maximum Gasteiger partial charge on any atom is 0.295 e. The van der Waals surface area contributed by atoms with E-state index in [1.54, 1.807) is 29.2 Å². The van der Waals surface area contributed by atoms with Gasteiger partial charge in [0.15, 0.2) is 11.5 Å². The number of carbonyl (C=O) groups excluding carboxylic acids is 2. The van der Waals surface area contributed by atoms with Crippen molar-refractivity contribution in [1.82, 2.24) is 4.90 Å². The number of amides is 1. The Morgan fingerprint density at radius 3 is 2.52 bits per heavy atom. The van der Waals surface area contributed by atoms with Crippen LogP contribution >= 0.6 is 0 Å². The number of unbranched alkanes of at least 4 members (excludes halogenated alkanes) is 3. The highest BCUT2D eigenvalue weighted by atomic mass is 16.7. The number of aliphatic hydroxyl groups is 1. The number of aryl methyl sites for hydroxylation is 1. The Labute approximate surface area is 182 Å². The molecule has 2 aliphatic heterocycles. The average Bonchev–Trinajstić information content (AvgIpc) is 3.34. The van der Waals surface area contributed by atoms with Gasteiger partial charge in [-0.3, -0.25) is 9.59 Å². The van der Waals surface area contributed by atoms with Gasteiger partial charge in [-0.1, -0.05) is 62.1 Å². The number of ether oxygens (including phenoxy) is 2. The number of Topliss-reactive ketones (excluding diaryl/α,β-unsaturated/α-hetero) is 1. The number of likely N-dealkylation sites (tertiary alicyclic amines) is 1. The summed E-state index contributed by atoms with van der Waals surface area (Å²) in [6.45, 7) is 4.67. The first-order valence-corrected chi connectivity index (χ1v) is 10.8. The first-order valence-electron chi connectivity index (χ1n) is 10.8. The summed E-state index contributed by atoms with van der Waals surface area (Å²) in [4.78, 5) is 27.6. The van der Waals surface area contributed by atoms with Crippen LogP contribution in [0.1, 0.15) is 55.3 Å². The lowest BCUT2D eigenvalue weighted by atomic mass is 9.94. The highest BCUT2D eigenvalue weighted by Gasteiger charge is 2.46. The molecule has 1 N–H and O–H groups in total. The molecule has 1 saturated heterocycles. The number of nitrogens with zero attached hydrogens (tertiary/aromatic N) is 1. The maximum atomic E-state index is 13.0. The average molecular weight is 421 g/mol. The molecule has 4 rings (SSSR count). The van der Waals surface area contributed by atoms with Crippen LogP contribution in [0.25, 0.3) is 5.76 Å². The molecule has 2 aliphatic rings. The molecular weight excluding hydrogens is 394 g/mol. The minimum absolute atomic E-state index is 0.114. The Bertz CT molecular complexity index is 1020. The van der Waals surface area contributed by atoms with E-state index >= 15 is 0 Å². The number of hydrogen-bond acceptors (Lipinski definition) is 5.